The molecule has 0 radical (unpaired) electrons. The zero-order valence-electron chi connectivity index (χ0n) is 10.4. The average molecular weight is 247 g/mol. The molecule has 0 spiro atoms. The molecule has 2 N–H and O–H groups in total. The molecule has 2 rings (SSSR count). The topological polar surface area (TPSA) is 26.0 Å². The lowest BCUT2D eigenvalue weighted by Crippen LogP contribution is -2.16. The summed E-state index contributed by atoms with van der Waals surface area (Å²) < 4.78 is 27.3. The van der Waals surface area contributed by atoms with Crippen molar-refractivity contribution in [3.05, 3.63) is 70.3 Å². The molecule has 0 aliphatic heterocycles. The zero-order chi connectivity index (χ0) is 13.3. The van der Waals surface area contributed by atoms with Gasteiger partial charge in [-0.3, -0.25) is 0 Å². The second-order valence-corrected chi connectivity index (χ2v) is 4.53. The van der Waals surface area contributed by atoms with Gasteiger partial charge >= 0.3 is 0 Å². The summed E-state index contributed by atoms with van der Waals surface area (Å²) in [6, 6.07) is 8.69. The Kier molecular flexibility index (Phi) is 3.43. The summed E-state index contributed by atoms with van der Waals surface area (Å²) >= 11 is 0. The highest BCUT2D eigenvalue weighted by molar-refractivity contribution is 5.37. The fraction of sp³-hybridized carbons (Fsp3) is 0.200. The van der Waals surface area contributed by atoms with Crippen LogP contribution in [0.25, 0.3) is 0 Å². The minimum atomic E-state index is -0.787. The molecular weight excluding hydrogens is 232 g/mol. The van der Waals surface area contributed by atoms with Gasteiger partial charge in [0, 0.05) is 5.56 Å². The maximum absolute atomic E-state index is 13.7. The highest BCUT2D eigenvalue weighted by atomic mass is 19.1. The number of nitrogens with two attached hydrogens (primary N) is 1. The van der Waals surface area contributed by atoms with Crippen molar-refractivity contribution < 1.29 is 8.78 Å². The third-order valence-electron chi connectivity index (χ3n) is 2.91. The van der Waals surface area contributed by atoms with Crippen LogP contribution in [0.3, 0.4) is 0 Å². The van der Waals surface area contributed by atoms with Gasteiger partial charge in [0.05, 0.1) is 6.04 Å². The predicted molar refractivity (Wildman–Crippen MR) is 68.3 cm³/mol. The van der Waals surface area contributed by atoms with Crippen LogP contribution in [0.2, 0.25) is 0 Å². The first kappa shape index (κ1) is 12.7. The van der Waals surface area contributed by atoms with Gasteiger partial charge in [0.25, 0.3) is 0 Å². The first-order valence-electron chi connectivity index (χ1n) is 5.76. The summed E-state index contributed by atoms with van der Waals surface area (Å²) in [7, 11) is 0. The Hall–Kier alpha value is -1.74. The Bertz CT molecular complexity index is 538. The molecule has 0 aliphatic carbocycles. The summed E-state index contributed by atoms with van der Waals surface area (Å²) in [5.41, 5.74) is 8.66. The van der Waals surface area contributed by atoms with Crippen LogP contribution in [0.1, 0.15) is 28.3 Å². The van der Waals surface area contributed by atoms with E-state index in [1.54, 1.807) is 0 Å². The normalized spacial score (nSPS) is 12.5. The van der Waals surface area contributed by atoms with Crippen molar-refractivity contribution in [3.8, 4) is 0 Å². The molecule has 1 atom stereocenters. The fourth-order valence-corrected chi connectivity index (χ4v) is 2.16. The molecule has 1 unspecified atom stereocenters. The molecule has 18 heavy (non-hydrogen) atoms. The van der Waals surface area contributed by atoms with E-state index in [-0.39, 0.29) is 5.56 Å². The van der Waals surface area contributed by atoms with E-state index in [1.807, 2.05) is 32.0 Å². The Morgan fingerprint density at radius 2 is 1.44 bits per heavy atom. The van der Waals surface area contributed by atoms with E-state index < -0.39 is 17.7 Å². The summed E-state index contributed by atoms with van der Waals surface area (Å²) in [6.45, 7) is 3.86. The standard InChI is InChI=1S/C15H15F2N/c1-9-6-10(2)8-11(7-9)15(18)14-12(16)4-3-5-13(14)17/h3-8,15H,18H2,1-2H3. The molecular formula is C15H15F2N. The van der Waals surface area contributed by atoms with Gasteiger partial charge < -0.3 is 5.73 Å². The highest BCUT2D eigenvalue weighted by Gasteiger charge is 2.18. The minimum absolute atomic E-state index is 0.0810. The molecule has 0 aromatic heterocycles. The molecule has 3 heteroatoms. The third-order valence-corrected chi connectivity index (χ3v) is 2.91. The Morgan fingerprint density at radius 3 is 1.94 bits per heavy atom. The smallest absolute Gasteiger partial charge is 0.131 e. The molecule has 0 amide bonds. The van der Waals surface area contributed by atoms with E-state index in [2.05, 4.69) is 0 Å². The number of benzene rings is 2. The van der Waals surface area contributed by atoms with Crippen LogP contribution < -0.4 is 5.73 Å². The van der Waals surface area contributed by atoms with Crippen LogP contribution >= 0.6 is 0 Å². The van der Waals surface area contributed by atoms with Crippen LogP contribution in [0.5, 0.6) is 0 Å². The van der Waals surface area contributed by atoms with Crippen molar-refractivity contribution in [3.63, 3.8) is 0 Å². The Labute approximate surface area is 105 Å². The maximum Gasteiger partial charge on any atom is 0.131 e. The highest BCUT2D eigenvalue weighted by Crippen LogP contribution is 2.26. The SMILES string of the molecule is Cc1cc(C)cc(C(N)c2c(F)cccc2F)c1. The Morgan fingerprint density at radius 1 is 0.944 bits per heavy atom. The Balaban J connectivity index is 2.51. The van der Waals surface area contributed by atoms with Crippen LogP contribution in [-0.2, 0) is 0 Å². The average Bonchev–Trinajstić information content (AvgIpc) is 2.27. The molecule has 0 bridgehead atoms. The van der Waals surface area contributed by atoms with E-state index in [0.717, 1.165) is 16.7 Å². The lowest BCUT2D eigenvalue weighted by molar-refractivity contribution is 0.543. The van der Waals surface area contributed by atoms with Crippen molar-refractivity contribution in [2.24, 2.45) is 5.73 Å². The van der Waals surface area contributed by atoms with E-state index in [9.17, 15) is 8.78 Å². The molecule has 0 aliphatic rings. The van der Waals surface area contributed by atoms with Crippen LogP contribution in [0.15, 0.2) is 36.4 Å². The second-order valence-electron chi connectivity index (χ2n) is 4.53. The quantitative estimate of drug-likeness (QED) is 0.861. The molecule has 2 aromatic rings. The summed E-state index contributed by atoms with van der Waals surface area (Å²) in [5.74, 6) is -1.22. The van der Waals surface area contributed by atoms with Gasteiger partial charge in [-0.05, 0) is 31.5 Å². The van der Waals surface area contributed by atoms with Gasteiger partial charge in [0.2, 0.25) is 0 Å². The fourth-order valence-electron chi connectivity index (χ4n) is 2.16. The third kappa shape index (κ3) is 2.41. The predicted octanol–water partition coefficient (Wildman–Crippen LogP) is 3.63. The first-order valence-corrected chi connectivity index (χ1v) is 5.76. The van der Waals surface area contributed by atoms with Crippen molar-refractivity contribution in [1.29, 1.82) is 0 Å². The maximum atomic E-state index is 13.7. The van der Waals surface area contributed by atoms with Crippen LogP contribution in [-0.4, -0.2) is 0 Å². The number of rotatable bonds is 2. The molecule has 0 heterocycles. The number of halogens is 2. The van der Waals surface area contributed by atoms with E-state index >= 15 is 0 Å². The van der Waals surface area contributed by atoms with Crippen molar-refractivity contribution in [2.45, 2.75) is 19.9 Å². The van der Waals surface area contributed by atoms with Gasteiger partial charge in [-0.1, -0.05) is 35.4 Å². The summed E-state index contributed by atoms with van der Waals surface area (Å²) in [6.07, 6.45) is 0. The van der Waals surface area contributed by atoms with Gasteiger partial charge in [-0.15, -0.1) is 0 Å². The largest absolute Gasteiger partial charge is 0.320 e. The lowest BCUT2D eigenvalue weighted by atomic mass is 9.95. The number of hydrogen-bond acceptors (Lipinski definition) is 1. The van der Waals surface area contributed by atoms with Gasteiger partial charge in [-0.2, -0.15) is 0 Å². The number of hydrogen-bond donors (Lipinski definition) is 1. The molecule has 2 aromatic carbocycles. The second kappa shape index (κ2) is 4.86. The molecule has 0 saturated carbocycles. The van der Waals surface area contributed by atoms with Crippen LogP contribution in [0.4, 0.5) is 8.78 Å². The molecule has 94 valence electrons. The summed E-state index contributed by atoms with van der Waals surface area (Å²) in [5, 5.41) is 0. The minimum Gasteiger partial charge on any atom is -0.320 e. The van der Waals surface area contributed by atoms with E-state index in [1.165, 1.54) is 18.2 Å². The number of aryl methyl sites for hydroxylation is 2. The van der Waals surface area contributed by atoms with Crippen molar-refractivity contribution in [1.82, 2.24) is 0 Å². The lowest BCUT2D eigenvalue weighted by Gasteiger charge is -2.15. The molecule has 0 saturated heterocycles. The monoisotopic (exact) mass is 247 g/mol. The van der Waals surface area contributed by atoms with E-state index in [0.29, 0.717) is 0 Å². The van der Waals surface area contributed by atoms with Gasteiger partial charge in [0.1, 0.15) is 11.6 Å². The van der Waals surface area contributed by atoms with Gasteiger partial charge in [0.15, 0.2) is 0 Å². The molecule has 1 nitrogen and oxygen atoms in total. The van der Waals surface area contributed by atoms with E-state index in [4.69, 9.17) is 5.73 Å². The van der Waals surface area contributed by atoms with Crippen LogP contribution in [0, 0.1) is 25.5 Å². The summed E-state index contributed by atoms with van der Waals surface area (Å²) in [4.78, 5) is 0. The van der Waals surface area contributed by atoms with Crippen molar-refractivity contribution in [2.75, 3.05) is 0 Å². The van der Waals surface area contributed by atoms with Crippen molar-refractivity contribution >= 4 is 0 Å². The first-order chi connectivity index (χ1) is 8.49. The zero-order valence-corrected chi connectivity index (χ0v) is 10.4. The van der Waals surface area contributed by atoms with Gasteiger partial charge in [-0.25, -0.2) is 8.78 Å². The molecule has 0 fully saturated rings.